The summed E-state index contributed by atoms with van der Waals surface area (Å²) < 4.78 is 0. The standard InChI is InChI=1S/C30H20N4S3/c1-2-14-34-25-9-5-21(27-11-7-23(35-27)4-3-13-31)16-29(25)37-30-17-22(6-10-26(30)34)28-12-8-24(36-28)15-20(18-32)19-33/h3-12,15-17H,2,14H2,1H3. The van der Waals surface area contributed by atoms with Crippen molar-refractivity contribution in [1.29, 1.82) is 15.8 Å². The third-order valence-corrected chi connectivity index (χ3v) is 9.12. The highest BCUT2D eigenvalue weighted by Crippen LogP contribution is 2.50. The van der Waals surface area contributed by atoms with Gasteiger partial charge < -0.3 is 4.90 Å². The molecule has 37 heavy (non-hydrogen) atoms. The third kappa shape index (κ3) is 5.10. The molecule has 0 aliphatic carbocycles. The van der Waals surface area contributed by atoms with E-state index in [2.05, 4.69) is 60.4 Å². The highest BCUT2D eigenvalue weighted by Gasteiger charge is 2.24. The van der Waals surface area contributed by atoms with Crippen molar-refractivity contribution in [3.8, 4) is 39.1 Å². The van der Waals surface area contributed by atoms with Gasteiger partial charge in [-0.25, -0.2) is 0 Å². The summed E-state index contributed by atoms with van der Waals surface area (Å²) in [7, 11) is 0. The molecule has 0 spiro atoms. The van der Waals surface area contributed by atoms with Crippen LogP contribution in [0.2, 0.25) is 0 Å². The molecule has 5 rings (SSSR count). The van der Waals surface area contributed by atoms with Gasteiger partial charge in [0.2, 0.25) is 0 Å². The zero-order valence-electron chi connectivity index (χ0n) is 19.9. The van der Waals surface area contributed by atoms with E-state index in [4.69, 9.17) is 15.8 Å². The first-order chi connectivity index (χ1) is 18.1. The van der Waals surface area contributed by atoms with Gasteiger partial charge in [0.1, 0.15) is 17.7 Å². The van der Waals surface area contributed by atoms with Crippen LogP contribution in [0.3, 0.4) is 0 Å². The number of thiophene rings is 2. The zero-order valence-corrected chi connectivity index (χ0v) is 22.4. The Bertz CT molecular complexity index is 1650. The molecule has 4 nitrogen and oxygen atoms in total. The number of hydrogen-bond donors (Lipinski definition) is 0. The number of allylic oxidation sites excluding steroid dienone is 2. The van der Waals surface area contributed by atoms with Crippen LogP contribution in [0.5, 0.6) is 0 Å². The van der Waals surface area contributed by atoms with Gasteiger partial charge in [-0.1, -0.05) is 30.8 Å². The van der Waals surface area contributed by atoms with Gasteiger partial charge in [0.25, 0.3) is 0 Å². The minimum absolute atomic E-state index is 0.107. The average Bonchev–Trinajstić information content (AvgIpc) is 3.60. The SMILES string of the molecule is CCCN1c2ccc(-c3ccc(C=CC#N)s3)cc2Sc2cc(-c3ccc(C=C(C#N)C#N)s3)ccc21. The van der Waals surface area contributed by atoms with E-state index in [1.807, 2.05) is 36.4 Å². The van der Waals surface area contributed by atoms with Crippen molar-refractivity contribution < 1.29 is 0 Å². The highest BCUT2D eigenvalue weighted by molar-refractivity contribution is 7.99. The van der Waals surface area contributed by atoms with E-state index in [0.717, 1.165) is 33.2 Å². The van der Waals surface area contributed by atoms with Crippen molar-refractivity contribution in [3.63, 3.8) is 0 Å². The van der Waals surface area contributed by atoms with Crippen LogP contribution in [0.15, 0.2) is 82.1 Å². The second-order valence-corrected chi connectivity index (χ2v) is 11.6. The van der Waals surface area contributed by atoms with Crippen LogP contribution in [0.1, 0.15) is 23.1 Å². The fourth-order valence-electron chi connectivity index (χ4n) is 4.19. The lowest BCUT2D eigenvalue weighted by molar-refractivity contribution is 0.866. The van der Waals surface area contributed by atoms with Crippen LogP contribution >= 0.6 is 34.4 Å². The Morgan fingerprint density at radius 3 is 1.97 bits per heavy atom. The number of hydrogen-bond acceptors (Lipinski definition) is 7. The number of fused-ring (bicyclic) bond motifs is 2. The zero-order chi connectivity index (χ0) is 25.8. The number of nitrogens with zero attached hydrogens (tertiary/aromatic N) is 4. The maximum Gasteiger partial charge on any atom is 0.131 e. The summed E-state index contributed by atoms with van der Waals surface area (Å²) >= 11 is 5.04. The summed E-state index contributed by atoms with van der Waals surface area (Å²) in [6.45, 7) is 3.13. The summed E-state index contributed by atoms with van der Waals surface area (Å²) in [5, 5.41) is 26.9. The first kappa shape index (κ1) is 24.6. The first-order valence-corrected chi connectivity index (χ1v) is 14.1. The second kappa shape index (κ2) is 10.9. The summed E-state index contributed by atoms with van der Waals surface area (Å²) in [5.74, 6) is 0. The van der Waals surface area contributed by atoms with Crippen LogP contribution in [-0.4, -0.2) is 6.54 Å². The molecule has 0 saturated carbocycles. The minimum atomic E-state index is 0.107. The fraction of sp³-hybridized carbons (Fsp3) is 0.100. The normalized spacial score (nSPS) is 11.8. The molecule has 0 bridgehead atoms. The predicted octanol–water partition coefficient (Wildman–Crippen LogP) is 9.12. The Morgan fingerprint density at radius 1 is 0.811 bits per heavy atom. The summed E-state index contributed by atoms with van der Waals surface area (Å²) in [6, 6.07) is 27.3. The largest absolute Gasteiger partial charge is 0.340 e. The van der Waals surface area contributed by atoms with Gasteiger partial charge in [-0.3, -0.25) is 0 Å². The van der Waals surface area contributed by atoms with Gasteiger partial charge >= 0.3 is 0 Å². The van der Waals surface area contributed by atoms with E-state index in [1.54, 1.807) is 40.5 Å². The van der Waals surface area contributed by atoms with Gasteiger partial charge in [0, 0.05) is 41.9 Å². The third-order valence-electron chi connectivity index (χ3n) is 5.84. The Labute approximate surface area is 228 Å². The van der Waals surface area contributed by atoms with E-state index >= 15 is 0 Å². The van der Waals surface area contributed by atoms with Crippen molar-refractivity contribution in [1.82, 2.24) is 0 Å². The molecule has 4 aromatic rings. The van der Waals surface area contributed by atoms with Crippen molar-refractivity contribution in [2.24, 2.45) is 0 Å². The second-order valence-electron chi connectivity index (χ2n) is 8.27. The maximum atomic E-state index is 9.06. The molecule has 2 aromatic carbocycles. The molecule has 2 aromatic heterocycles. The fourth-order valence-corrected chi connectivity index (χ4v) is 7.22. The Morgan fingerprint density at radius 2 is 1.41 bits per heavy atom. The molecule has 3 heterocycles. The molecule has 0 atom stereocenters. The molecule has 0 amide bonds. The number of nitriles is 3. The van der Waals surface area contributed by atoms with Crippen LogP contribution in [0.4, 0.5) is 11.4 Å². The van der Waals surface area contributed by atoms with Crippen molar-refractivity contribution >= 4 is 58.0 Å². The summed E-state index contributed by atoms with van der Waals surface area (Å²) in [4.78, 5) is 9.06. The van der Waals surface area contributed by atoms with Gasteiger partial charge in [-0.05, 0) is 78.2 Å². The maximum absolute atomic E-state index is 9.06. The molecule has 0 fully saturated rings. The van der Waals surface area contributed by atoms with Gasteiger partial charge in [0.05, 0.1) is 17.4 Å². The molecule has 0 unspecified atom stereocenters. The van der Waals surface area contributed by atoms with Crippen molar-refractivity contribution in [3.05, 3.63) is 82.1 Å². The number of rotatable bonds is 6. The molecule has 1 aliphatic rings. The molecule has 0 saturated heterocycles. The van der Waals surface area contributed by atoms with Gasteiger partial charge in [0.15, 0.2) is 0 Å². The highest BCUT2D eigenvalue weighted by atomic mass is 32.2. The Balaban J connectivity index is 1.50. The van der Waals surface area contributed by atoms with E-state index in [0.29, 0.717) is 0 Å². The van der Waals surface area contributed by atoms with Crippen molar-refractivity contribution in [2.45, 2.75) is 23.1 Å². The molecular weight excluding hydrogens is 513 g/mol. The monoisotopic (exact) mass is 532 g/mol. The molecule has 7 heteroatoms. The van der Waals surface area contributed by atoms with E-state index in [9.17, 15) is 0 Å². The van der Waals surface area contributed by atoms with E-state index < -0.39 is 0 Å². The van der Waals surface area contributed by atoms with Crippen LogP contribution in [-0.2, 0) is 0 Å². The Hall–Kier alpha value is -4.06. The smallest absolute Gasteiger partial charge is 0.131 e. The molecule has 0 N–H and O–H groups in total. The van der Waals surface area contributed by atoms with Gasteiger partial charge in [-0.2, -0.15) is 15.8 Å². The predicted molar refractivity (Wildman–Crippen MR) is 155 cm³/mol. The molecular formula is C30H20N4S3. The number of anilines is 2. The summed E-state index contributed by atoms with van der Waals surface area (Å²) in [5.41, 5.74) is 4.83. The van der Waals surface area contributed by atoms with Crippen molar-refractivity contribution in [2.75, 3.05) is 11.4 Å². The molecule has 178 valence electrons. The topological polar surface area (TPSA) is 74.6 Å². The van der Waals surface area contributed by atoms with E-state index in [-0.39, 0.29) is 5.57 Å². The minimum Gasteiger partial charge on any atom is -0.340 e. The lowest BCUT2D eigenvalue weighted by Crippen LogP contribution is -2.21. The number of benzene rings is 2. The molecule has 1 aliphatic heterocycles. The average molecular weight is 533 g/mol. The first-order valence-electron chi connectivity index (χ1n) is 11.7. The van der Waals surface area contributed by atoms with Crippen LogP contribution < -0.4 is 4.90 Å². The van der Waals surface area contributed by atoms with Crippen LogP contribution in [0.25, 0.3) is 33.0 Å². The quantitative estimate of drug-likeness (QED) is 0.231. The van der Waals surface area contributed by atoms with E-state index in [1.165, 1.54) is 37.7 Å². The van der Waals surface area contributed by atoms with Crippen LogP contribution in [0, 0.1) is 34.0 Å². The Kier molecular flexibility index (Phi) is 7.26. The lowest BCUT2D eigenvalue weighted by Gasteiger charge is -2.33. The summed E-state index contributed by atoms with van der Waals surface area (Å²) in [6.07, 6.45) is 6.02. The lowest BCUT2D eigenvalue weighted by atomic mass is 10.1. The van der Waals surface area contributed by atoms with Gasteiger partial charge in [-0.15, -0.1) is 22.7 Å². The molecule has 0 radical (unpaired) electrons.